The monoisotopic (exact) mass is 223 g/mol. The van der Waals surface area contributed by atoms with Crippen LogP contribution >= 0.6 is 0 Å². The lowest BCUT2D eigenvalue weighted by atomic mass is 10.2. The van der Waals surface area contributed by atoms with Gasteiger partial charge in [0.25, 0.3) is 0 Å². The Bertz CT molecular complexity index is 297. The molecule has 1 saturated heterocycles. The van der Waals surface area contributed by atoms with Crippen LogP contribution in [0.1, 0.15) is 5.82 Å². The Morgan fingerprint density at radius 2 is 2.38 bits per heavy atom. The zero-order chi connectivity index (χ0) is 11.4. The third kappa shape index (κ3) is 3.04. The van der Waals surface area contributed by atoms with Crippen molar-refractivity contribution in [2.75, 3.05) is 40.3 Å². The molecule has 1 unspecified atom stereocenters. The standard InChI is InChI=1S/C11H21N5/c1-15-5-6-16(2)10(9-15)7-12-8-11-13-3-4-14-11/h3-4,10,12H,5-9H2,1-2H3,(H,13,14). The van der Waals surface area contributed by atoms with E-state index >= 15 is 0 Å². The highest BCUT2D eigenvalue weighted by Gasteiger charge is 2.21. The molecule has 0 radical (unpaired) electrons. The third-order valence-corrected chi connectivity index (χ3v) is 3.21. The van der Waals surface area contributed by atoms with Gasteiger partial charge in [-0.3, -0.25) is 4.90 Å². The lowest BCUT2D eigenvalue weighted by Gasteiger charge is -2.37. The predicted molar refractivity (Wildman–Crippen MR) is 64.2 cm³/mol. The lowest BCUT2D eigenvalue weighted by molar-refractivity contribution is 0.113. The Labute approximate surface area is 96.8 Å². The second kappa shape index (κ2) is 5.43. The van der Waals surface area contributed by atoms with Gasteiger partial charge in [-0.1, -0.05) is 0 Å². The zero-order valence-electron chi connectivity index (χ0n) is 10.1. The largest absolute Gasteiger partial charge is 0.348 e. The van der Waals surface area contributed by atoms with E-state index < -0.39 is 0 Å². The van der Waals surface area contributed by atoms with Crippen LogP contribution < -0.4 is 5.32 Å². The SMILES string of the molecule is CN1CCN(C)C(CNCc2ncc[nH]2)C1. The number of aromatic amines is 1. The van der Waals surface area contributed by atoms with Crippen molar-refractivity contribution in [3.8, 4) is 0 Å². The molecular formula is C11H21N5. The van der Waals surface area contributed by atoms with E-state index in [9.17, 15) is 0 Å². The summed E-state index contributed by atoms with van der Waals surface area (Å²) in [7, 11) is 4.39. The van der Waals surface area contributed by atoms with Gasteiger partial charge in [0.2, 0.25) is 0 Å². The van der Waals surface area contributed by atoms with Gasteiger partial charge in [-0.15, -0.1) is 0 Å². The number of H-pyrrole nitrogens is 1. The number of likely N-dealkylation sites (N-methyl/N-ethyl adjacent to an activating group) is 2. The highest BCUT2D eigenvalue weighted by Crippen LogP contribution is 2.04. The number of hydrogen-bond donors (Lipinski definition) is 2. The average molecular weight is 223 g/mol. The first-order valence-corrected chi connectivity index (χ1v) is 5.83. The van der Waals surface area contributed by atoms with Crippen LogP contribution in [-0.4, -0.2) is 66.1 Å². The summed E-state index contributed by atoms with van der Waals surface area (Å²) in [6, 6.07) is 0.605. The Morgan fingerprint density at radius 3 is 3.12 bits per heavy atom. The second-order valence-corrected chi connectivity index (χ2v) is 4.56. The molecule has 0 aromatic carbocycles. The van der Waals surface area contributed by atoms with Crippen molar-refractivity contribution in [1.29, 1.82) is 0 Å². The molecule has 1 aromatic rings. The summed E-state index contributed by atoms with van der Waals surface area (Å²) in [6.07, 6.45) is 3.65. The Morgan fingerprint density at radius 1 is 1.50 bits per heavy atom. The summed E-state index contributed by atoms with van der Waals surface area (Å²) >= 11 is 0. The van der Waals surface area contributed by atoms with Gasteiger partial charge in [0.1, 0.15) is 5.82 Å². The number of nitrogens with one attached hydrogen (secondary N) is 2. The quantitative estimate of drug-likeness (QED) is 0.739. The molecule has 16 heavy (non-hydrogen) atoms. The molecule has 1 fully saturated rings. The van der Waals surface area contributed by atoms with Crippen LogP contribution in [0.3, 0.4) is 0 Å². The molecule has 2 heterocycles. The Balaban J connectivity index is 1.72. The maximum atomic E-state index is 4.19. The van der Waals surface area contributed by atoms with Gasteiger partial charge in [0, 0.05) is 44.6 Å². The van der Waals surface area contributed by atoms with Crippen molar-refractivity contribution in [2.45, 2.75) is 12.6 Å². The maximum Gasteiger partial charge on any atom is 0.120 e. The summed E-state index contributed by atoms with van der Waals surface area (Å²) in [5.74, 6) is 1.01. The minimum absolute atomic E-state index is 0.605. The number of imidazole rings is 1. The molecule has 0 spiro atoms. The first-order chi connectivity index (χ1) is 7.75. The van der Waals surface area contributed by atoms with Crippen molar-refractivity contribution in [3.05, 3.63) is 18.2 Å². The van der Waals surface area contributed by atoms with E-state index in [2.05, 4.69) is 39.2 Å². The van der Waals surface area contributed by atoms with Gasteiger partial charge in [-0.05, 0) is 14.1 Å². The zero-order valence-corrected chi connectivity index (χ0v) is 10.1. The minimum atomic E-state index is 0.605. The van der Waals surface area contributed by atoms with Crippen LogP contribution in [0.15, 0.2) is 12.4 Å². The molecule has 0 saturated carbocycles. The molecule has 0 bridgehead atoms. The van der Waals surface area contributed by atoms with Crippen LogP contribution in [-0.2, 0) is 6.54 Å². The topological polar surface area (TPSA) is 47.2 Å². The van der Waals surface area contributed by atoms with Crippen LogP contribution in [0.2, 0.25) is 0 Å². The van der Waals surface area contributed by atoms with Crippen molar-refractivity contribution >= 4 is 0 Å². The molecule has 1 aliphatic heterocycles. The fourth-order valence-corrected chi connectivity index (χ4v) is 2.07. The molecule has 0 amide bonds. The molecular weight excluding hydrogens is 202 g/mol. The van der Waals surface area contributed by atoms with Gasteiger partial charge < -0.3 is 15.2 Å². The van der Waals surface area contributed by atoms with E-state index in [0.717, 1.165) is 32.0 Å². The van der Waals surface area contributed by atoms with Gasteiger partial charge >= 0.3 is 0 Å². The summed E-state index contributed by atoms with van der Waals surface area (Å²) in [6.45, 7) is 5.30. The highest BCUT2D eigenvalue weighted by atomic mass is 15.3. The molecule has 5 heteroatoms. The number of hydrogen-bond acceptors (Lipinski definition) is 4. The number of aromatic nitrogens is 2. The second-order valence-electron chi connectivity index (χ2n) is 4.56. The molecule has 5 nitrogen and oxygen atoms in total. The number of piperazine rings is 1. The average Bonchev–Trinajstić information content (AvgIpc) is 2.76. The minimum Gasteiger partial charge on any atom is -0.348 e. The van der Waals surface area contributed by atoms with E-state index in [0.29, 0.717) is 6.04 Å². The van der Waals surface area contributed by atoms with Crippen molar-refractivity contribution in [3.63, 3.8) is 0 Å². The summed E-state index contributed by atoms with van der Waals surface area (Å²) in [5, 5.41) is 3.45. The van der Waals surface area contributed by atoms with Crippen LogP contribution in [0.25, 0.3) is 0 Å². The van der Waals surface area contributed by atoms with Gasteiger partial charge in [-0.2, -0.15) is 0 Å². The predicted octanol–water partition coefficient (Wildman–Crippen LogP) is -0.255. The Hall–Kier alpha value is -0.910. The van der Waals surface area contributed by atoms with E-state index in [1.54, 1.807) is 6.20 Å². The van der Waals surface area contributed by atoms with Crippen LogP contribution in [0.5, 0.6) is 0 Å². The first-order valence-electron chi connectivity index (χ1n) is 5.83. The summed E-state index contributed by atoms with van der Waals surface area (Å²) in [5.41, 5.74) is 0. The van der Waals surface area contributed by atoms with E-state index in [1.165, 1.54) is 6.54 Å². The number of rotatable bonds is 4. The van der Waals surface area contributed by atoms with Crippen molar-refractivity contribution < 1.29 is 0 Å². The first kappa shape index (κ1) is 11.6. The van der Waals surface area contributed by atoms with Crippen LogP contribution in [0.4, 0.5) is 0 Å². The molecule has 2 N–H and O–H groups in total. The Kier molecular flexibility index (Phi) is 3.93. The maximum absolute atomic E-state index is 4.19. The van der Waals surface area contributed by atoms with Crippen molar-refractivity contribution in [1.82, 2.24) is 25.1 Å². The van der Waals surface area contributed by atoms with E-state index in [-0.39, 0.29) is 0 Å². The van der Waals surface area contributed by atoms with Gasteiger partial charge in [-0.25, -0.2) is 4.98 Å². The van der Waals surface area contributed by atoms with E-state index in [4.69, 9.17) is 0 Å². The normalized spacial score (nSPS) is 23.8. The smallest absolute Gasteiger partial charge is 0.120 e. The molecule has 1 aromatic heterocycles. The lowest BCUT2D eigenvalue weighted by Crippen LogP contribution is -2.53. The fourth-order valence-electron chi connectivity index (χ4n) is 2.07. The molecule has 0 aliphatic carbocycles. The summed E-state index contributed by atoms with van der Waals surface area (Å²) < 4.78 is 0. The number of nitrogens with zero attached hydrogens (tertiary/aromatic N) is 3. The molecule has 1 aliphatic rings. The van der Waals surface area contributed by atoms with E-state index in [1.807, 2.05) is 6.20 Å². The third-order valence-electron chi connectivity index (χ3n) is 3.21. The molecule has 90 valence electrons. The summed E-state index contributed by atoms with van der Waals surface area (Å²) in [4.78, 5) is 12.1. The van der Waals surface area contributed by atoms with Crippen molar-refractivity contribution in [2.24, 2.45) is 0 Å². The highest BCUT2D eigenvalue weighted by molar-refractivity contribution is 4.87. The van der Waals surface area contributed by atoms with Crippen LogP contribution in [0, 0.1) is 0 Å². The molecule has 2 rings (SSSR count). The van der Waals surface area contributed by atoms with Gasteiger partial charge in [0.05, 0.1) is 6.54 Å². The molecule has 1 atom stereocenters. The fraction of sp³-hybridized carbons (Fsp3) is 0.727. The van der Waals surface area contributed by atoms with Gasteiger partial charge in [0.15, 0.2) is 0 Å².